The monoisotopic (exact) mass is 1550 g/mol. The molecule has 346 valence electrons. The van der Waals surface area contributed by atoms with E-state index in [1.54, 1.807) is 136 Å². The maximum atomic E-state index is 14.0. The molecule has 26 heteroatoms. The van der Waals surface area contributed by atoms with Gasteiger partial charge in [0.15, 0.2) is 0 Å². The number of rotatable bonds is 20. The van der Waals surface area contributed by atoms with E-state index in [0.29, 0.717) is 0 Å². The van der Waals surface area contributed by atoms with Gasteiger partial charge >= 0.3 is 0 Å². The summed E-state index contributed by atoms with van der Waals surface area (Å²) in [5.74, 6) is -6.13. The molecule has 0 saturated heterocycles. The van der Waals surface area contributed by atoms with E-state index in [2.05, 4.69) is 10.6 Å². The van der Waals surface area contributed by atoms with Crippen LogP contribution in [0.15, 0.2) is 0 Å². The van der Waals surface area contributed by atoms with Crippen LogP contribution in [0.3, 0.4) is 0 Å². The van der Waals surface area contributed by atoms with Crippen molar-refractivity contribution in [1.82, 2.24) is 19.6 Å². The predicted molar refractivity (Wildman–Crippen MR) is 276 cm³/mol. The maximum absolute atomic E-state index is 14.0. The van der Waals surface area contributed by atoms with Crippen molar-refractivity contribution in [2.75, 3.05) is 91.4 Å². The Kier molecular flexibility index (Phi) is 24.1. The van der Waals surface area contributed by atoms with E-state index in [1.807, 2.05) is 0 Å². The third-order valence-corrected chi connectivity index (χ3v) is 15.4. The molecule has 2 aromatic rings. The molecular formula is C36H46I6N6O14. The highest BCUT2D eigenvalue weighted by molar-refractivity contribution is 14.1. The summed E-state index contributed by atoms with van der Waals surface area (Å²) in [6.07, 6.45) is -5.18. The number of aliphatic hydroxyl groups is 8. The number of nitrogens with zero attached hydrogens (tertiary/aromatic N) is 4. The molecule has 0 fully saturated rings. The number of likely N-dealkylation sites (N-methyl/N-ethyl adjacent to an activating group) is 4. The molecule has 0 aliphatic heterocycles. The normalized spacial score (nSPS) is 13.7. The first kappa shape index (κ1) is 57.4. The van der Waals surface area contributed by atoms with Gasteiger partial charge in [-0.3, -0.25) is 28.8 Å². The van der Waals surface area contributed by atoms with Gasteiger partial charge in [-0.05, 0) is 142 Å². The Morgan fingerprint density at radius 3 is 0.806 bits per heavy atom. The summed E-state index contributed by atoms with van der Waals surface area (Å²) in [7, 11) is 5.44. The van der Waals surface area contributed by atoms with Crippen LogP contribution >= 0.6 is 136 Å². The summed E-state index contributed by atoms with van der Waals surface area (Å²) >= 11 is 10.8. The lowest BCUT2D eigenvalue weighted by Crippen LogP contribution is -2.39. The van der Waals surface area contributed by atoms with Crippen LogP contribution in [0, 0.1) is 27.3 Å². The van der Waals surface area contributed by atoms with E-state index in [4.69, 9.17) is 0 Å². The lowest BCUT2D eigenvalue weighted by molar-refractivity contribution is -0.128. The molecule has 0 saturated carbocycles. The minimum absolute atomic E-state index is 0.0319. The summed E-state index contributed by atoms with van der Waals surface area (Å²) in [4.78, 5) is 88.2. The lowest BCUT2D eigenvalue weighted by Gasteiger charge is -2.27. The number of halogens is 6. The zero-order valence-electron chi connectivity index (χ0n) is 33.6. The molecule has 0 spiro atoms. The molecule has 2 aromatic carbocycles. The van der Waals surface area contributed by atoms with Gasteiger partial charge in [0, 0.05) is 61.5 Å². The first-order chi connectivity index (χ1) is 28.8. The average molecular weight is 1550 g/mol. The number of aliphatic hydroxyl groups excluding tert-OH is 8. The Bertz CT molecular complexity index is 1780. The molecule has 0 aliphatic carbocycles. The molecule has 20 nitrogen and oxygen atoms in total. The number of hydrogen-bond acceptors (Lipinski definition) is 14. The number of anilines is 2. The minimum Gasteiger partial charge on any atom is -0.394 e. The Morgan fingerprint density at radius 1 is 0.435 bits per heavy atom. The van der Waals surface area contributed by atoms with Gasteiger partial charge in [-0.2, -0.15) is 0 Å². The van der Waals surface area contributed by atoms with Crippen LogP contribution in [-0.4, -0.2) is 201 Å². The van der Waals surface area contributed by atoms with Crippen molar-refractivity contribution in [2.24, 2.45) is 5.92 Å². The van der Waals surface area contributed by atoms with Gasteiger partial charge in [-0.25, -0.2) is 0 Å². The highest BCUT2D eigenvalue weighted by atomic mass is 127. The third-order valence-electron chi connectivity index (χ3n) is 8.94. The van der Waals surface area contributed by atoms with Gasteiger partial charge in [0.05, 0.1) is 98.8 Å². The zero-order chi connectivity index (χ0) is 47.7. The van der Waals surface area contributed by atoms with Gasteiger partial charge in [0.2, 0.25) is 11.8 Å². The molecular weight excluding hydrogens is 1500 g/mol. The van der Waals surface area contributed by atoms with Gasteiger partial charge in [-0.1, -0.05) is 0 Å². The number of amides is 6. The van der Waals surface area contributed by atoms with Gasteiger partial charge in [-0.15, -0.1) is 0 Å². The largest absolute Gasteiger partial charge is 0.394 e. The molecule has 0 aromatic heterocycles. The molecule has 0 aliphatic rings. The first-order valence-corrected chi connectivity index (χ1v) is 24.5. The Hall–Kier alpha value is -0.680. The fourth-order valence-corrected chi connectivity index (χ4v) is 14.2. The van der Waals surface area contributed by atoms with Crippen molar-refractivity contribution >= 4 is 182 Å². The van der Waals surface area contributed by atoms with Crippen molar-refractivity contribution in [1.29, 1.82) is 0 Å². The highest BCUT2D eigenvalue weighted by Gasteiger charge is 2.35. The second-order valence-electron chi connectivity index (χ2n) is 13.9. The Balaban J connectivity index is 2.77. The summed E-state index contributed by atoms with van der Waals surface area (Å²) in [5, 5.41) is 83.2. The zero-order valence-corrected chi connectivity index (χ0v) is 46.6. The number of benzene rings is 2. The van der Waals surface area contributed by atoms with Crippen molar-refractivity contribution in [3.63, 3.8) is 0 Å². The third kappa shape index (κ3) is 14.2. The van der Waals surface area contributed by atoms with Crippen LogP contribution in [0.4, 0.5) is 11.4 Å². The summed E-state index contributed by atoms with van der Waals surface area (Å²) in [6.45, 7) is -2.49. The van der Waals surface area contributed by atoms with Crippen molar-refractivity contribution in [3.05, 3.63) is 43.7 Å². The van der Waals surface area contributed by atoms with Gasteiger partial charge in [0.1, 0.15) is 5.92 Å². The molecule has 0 radical (unpaired) electrons. The van der Waals surface area contributed by atoms with Crippen LogP contribution in [0.5, 0.6) is 0 Å². The fraction of sp³-hybridized carbons (Fsp3) is 0.500. The van der Waals surface area contributed by atoms with Crippen molar-refractivity contribution in [3.8, 4) is 0 Å². The van der Waals surface area contributed by atoms with E-state index in [9.17, 15) is 69.6 Å². The molecule has 0 heterocycles. The first-order valence-electron chi connectivity index (χ1n) is 18.0. The van der Waals surface area contributed by atoms with Crippen LogP contribution in [0.1, 0.15) is 48.4 Å². The molecule has 4 unspecified atom stereocenters. The minimum atomic E-state index is -1.53. The van der Waals surface area contributed by atoms with Crippen LogP contribution in [-0.2, 0) is 9.59 Å². The Labute approximate surface area is 438 Å². The van der Waals surface area contributed by atoms with Crippen LogP contribution in [0.2, 0.25) is 0 Å². The molecule has 0 bridgehead atoms. The van der Waals surface area contributed by atoms with Crippen LogP contribution < -0.4 is 10.6 Å². The predicted octanol–water partition coefficient (Wildman–Crippen LogP) is 0.228. The van der Waals surface area contributed by atoms with E-state index in [0.717, 1.165) is 19.6 Å². The Morgan fingerprint density at radius 2 is 0.629 bits per heavy atom. The van der Waals surface area contributed by atoms with Crippen molar-refractivity contribution < 1.29 is 69.6 Å². The van der Waals surface area contributed by atoms with Gasteiger partial charge in [0.25, 0.3) is 23.6 Å². The second-order valence-corrected chi connectivity index (χ2v) is 20.4. The van der Waals surface area contributed by atoms with E-state index in [-0.39, 0.29) is 81.2 Å². The van der Waals surface area contributed by atoms with E-state index in [1.165, 1.54) is 35.1 Å². The van der Waals surface area contributed by atoms with E-state index < -0.39 is 92.2 Å². The summed E-state index contributed by atoms with van der Waals surface area (Å²) < 4.78 is 0.916. The lowest BCUT2D eigenvalue weighted by atomic mass is 10.0. The number of hydrogen-bond donors (Lipinski definition) is 10. The summed E-state index contributed by atoms with van der Waals surface area (Å²) in [5.41, 5.74) is -0.299. The van der Waals surface area contributed by atoms with Crippen LogP contribution in [0.25, 0.3) is 0 Å². The number of carbonyl (C=O) groups excluding carboxylic acids is 6. The SMILES string of the molecule is CC(C(=O)Nc1c(I)c(C(=O)N(C)CC(O)CO)c(I)c(C(=O)N(C)CC(O)CO)c1I)C(=O)Nc1c(I)c(C(=O)N(C)CC(O)CO)c(I)c(C(=O)N(C)CC(O)CO)c1I. The molecule has 2 rings (SSSR count). The number of carbonyl (C=O) groups is 6. The number of nitrogens with one attached hydrogen (secondary N) is 2. The quantitative estimate of drug-likeness (QED) is 0.0628. The van der Waals surface area contributed by atoms with Crippen molar-refractivity contribution in [2.45, 2.75) is 31.3 Å². The topological polar surface area (TPSA) is 301 Å². The average Bonchev–Trinajstić information content (AvgIpc) is 3.22. The fourth-order valence-electron chi connectivity index (χ4n) is 5.47. The molecule has 4 atom stereocenters. The van der Waals surface area contributed by atoms with E-state index >= 15 is 0 Å². The molecule has 10 N–H and O–H groups in total. The maximum Gasteiger partial charge on any atom is 0.255 e. The molecule has 62 heavy (non-hydrogen) atoms. The summed E-state index contributed by atoms with van der Waals surface area (Å²) in [6, 6.07) is 0. The smallest absolute Gasteiger partial charge is 0.255 e. The second kappa shape index (κ2) is 26.0. The standard InChI is InChI=1S/C36H46I6N6O14/c1-14(31(57)43-29-25(39)19(33(59)45(2)6-15(53)10-49)23(37)20(26(29)40)34(60)46(3)7-16(54)11-50)32(58)44-30-27(41)21(35(61)47(4)8-17(55)12-51)24(38)22(28(30)42)36(62)48(5)9-18(56)13-52/h14-18,49-56H,6-13H2,1-5H3,(H,43,57)(H,44,58). The molecule has 6 amide bonds. The highest BCUT2D eigenvalue weighted by Crippen LogP contribution is 2.39. The van der Waals surface area contributed by atoms with Gasteiger partial charge < -0.3 is 71.1 Å².